The molecule has 0 atom stereocenters. The van der Waals surface area contributed by atoms with Crippen LogP contribution in [0.5, 0.6) is 0 Å². The summed E-state index contributed by atoms with van der Waals surface area (Å²) in [5.41, 5.74) is 3.63. The molecular weight excluding hydrogens is 276 g/mol. The van der Waals surface area contributed by atoms with Gasteiger partial charge in [0.2, 0.25) is 0 Å². The molecule has 0 amide bonds. The van der Waals surface area contributed by atoms with Gasteiger partial charge in [-0.3, -0.25) is 0 Å². The minimum absolute atomic E-state index is 0.820. The maximum Gasteiger partial charge on any atom is 0.0481 e. The molecule has 0 radical (unpaired) electrons. The summed E-state index contributed by atoms with van der Waals surface area (Å²) in [6.45, 7) is 4.60. The Labute approximate surface area is 129 Å². The van der Waals surface area contributed by atoms with E-state index in [4.69, 9.17) is 0 Å². The standard InChI is InChI=1S/C18H18N2S/c1-2-11-21-18-6-4-3-5-16(18)20-13-14-7-8-15-9-10-19-17(15)12-14/h2-10,12,19-20H,1,11,13H2. The van der Waals surface area contributed by atoms with Crippen molar-refractivity contribution in [3.63, 3.8) is 0 Å². The van der Waals surface area contributed by atoms with Gasteiger partial charge in [-0.2, -0.15) is 0 Å². The fourth-order valence-electron chi connectivity index (χ4n) is 2.29. The van der Waals surface area contributed by atoms with Crippen molar-refractivity contribution < 1.29 is 0 Å². The molecule has 0 saturated heterocycles. The second-order valence-electron chi connectivity index (χ2n) is 4.85. The number of anilines is 1. The fourth-order valence-corrected chi connectivity index (χ4v) is 3.06. The number of para-hydroxylation sites is 1. The highest BCUT2D eigenvalue weighted by molar-refractivity contribution is 7.99. The second kappa shape index (κ2) is 6.55. The normalized spacial score (nSPS) is 10.7. The van der Waals surface area contributed by atoms with Crippen LogP contribution in [0.2, 0.25) is 0 Å². The van der Waals surface area contributed by atoms with Crippen LogP contribution in [0, 0.1) is 0 Å². The highest BCUT2D eigenvalue weighted by Crippen LogP contribution is 2.27. The molecule has 3 aromatic rings. The Balaban J connectivity index is 1.73. The summed E-state index contributed by atoms with van der Waals surface area (Å²) < 4.78 is 0. The summed E-state index contributed by atoms with van der Waals surface area (Å²) in [6.07, 6.45) is 3.91. The van der Waals surface area contributed by atoms with Crippen molar-refractivity contribution in [3.05, 3.63) is 72.9 Å². The van der Waals surface area contributed by atoms with Gasteiger partial charge in [0.15, 0.2) is 0 Å². The second-order valence-corrected chi connectivity index (χ2v) is 5.91. The van der Waals surface area contributed by atoms with E-state index in [1.54, 1.807) is 11.8 Å². The van der Waals surface area contributed by atoms with Crippen LogP contribution in [0.25, 0.3) is 10.9 Å². The molecule has 3 rings (SSSR count). The molecule has 0 saturated carbocycles. The maximum atomic E-state index is 3.78. The summed E-state index contributed by atoms with van der Waals surface area (Å²) in [5, 5.41) is 4.78. The first-order valence-corrected chi connectivity index (χ1v) is 7.98. The van der Waals surface area contributed by atoms with E-state index in [0.717, 1.165) is 12.3 Å². The van der Waals surface area contributed by atoms with E-state index in [1.807, 2.05) is 12.3 Å². The van der Waals surface area contributed by atoms with Gasteiger partial charge in [0.1, 0.15) is 0 Å². The van der Waals surface area contributed by atoms with E-state index in [0.29, 0.717) is 0 Å². The molecule has 0 bridgehead atoms. The minimum Gasteiger partial charge on any atom is -0.380 e. The molecule has 1 aromatic heterocycles. The van der Waals surface area contributed by atoms with Crippen molar-refractivity contribution in [3.8, 4) is 0 Å². The van der Waals surface area contributed by atoms with E-state index < -0.39 is 0 Å². The number of benzene rings is 2. The third kappa shape index (κ3) is 3.31. The SMILES string of the molecule is C=CCSc1ccccc1NCc1ccc2cc[nH]c2c1. The summed E-state index contributed by atoms with van der Waals surface area (Å²) in [7, 11) is 0. The first-order chi connectivity index (χ1) is 10.4. The third-order valence-electron chi connectivity index (χ3n) is 3.35. The number of nitrogens with one attached hydrogen (secondary N) is 2. The Morgan fingerprint density at radius 1 is 1.14 bits per heavy atom. The van der Waals surface area contributed by atoms with Crippen molar-refractivity contribution in [2.45, 2.75) is 11.4 Å². The highest BCUT2D eigenvalue weighted by atomic mass is 32.2. The predicted octanol–water partition coefficient (Wildman–Crippen LogP) is 5.06. The fraction of sp³-hybridized carbons (Fsp3) is 0.111. The average Bonchev–Trinajstić information content (AvgIpc) is 2.99. The van der Waals surface area contributed by atoms with Gasteiger partial charge in [-0.25, -0.2) is 0 Å². The van der Waals surface area contributed by atoms with Crippen LogP contribution >= 0.6 is 11.8 Å². The number of aromatic amines is 1. The molecular formula is C18H18N2S. The van der Waals surface area contributed by atoms with Crippen LogP contribution in [0.15, 0.2) is 72.3 Å². The first kappa shape index (κ1) is 13.8. The summed E-state index contributed by atoms with van der Waals surface area (Å²) in [6, 6.07) is 17.0. The smallest absolute Gasteiger partial charge is 0.0481 e. The molecule has 3 heteroatoms. The zero-order valence-corrected chi connectivity index (χ0v) is 12.6. The molecule has 0 fully saturated rings. The predicted molar refractivity (Wildman–Crippen MR) is 93.0 cm³/mol. The van der Waals surface area contributed by atoms with Gasteiger partial charge < -0.3 is 10.3 Å². The van der Waals surface area contributed by atoms with Gasteiger partial charge >= 0.3 is 0 Å². The van der Waals surface area contributed by atoms with E-state index in [9.17, 15) is 0 Å². The van der Waals surface area contributed by atoms with Gasteiger partial charge in [-0.05, 0) is 35.2 Å². The summed E-state index contributed by atoms with van der Waals surface area (Å²) >= 11 is 1.80. The van der Waals surface area contributed by atoms with Gasteiger partial charge in [-0.1, -0.05) is 30.3 Å². The molecule has 0 aliphatic heterocycles. The Morgan fingerprint density at radius 2 is 2.05 bits per heavy atom. The molecule has 0 unspecified atom stereocenters. The Kier molecular flexibility index (Phi) is 4.31. The zero-order chi connectivity index (χ0) is 14.5. The van der Waals surface area contributed by atoms with Gasteiger partial charge in [0.25, 0.3) is 0 Å². The number of hydrogen-bond acceptors (Lipinski definition) is 2. The van der Waals surface area contributed by atoms with Crippen LogP contribution in [-0.2, 0) is 6.54 Å². The van der Waals surface area contributed by atoms with E-state index in [-0.39, 0.29) is 0 Å². The largest absolute Gasteiger partial charge is 0.380 e. The number of aromatic nitrogens is 1. The van der Waals surface area contributed by atoms with E-state index in [2.05, 4.69) is 65.4 Å². The molecule has 21 heavy (non-hydrogen) atoms. The lowest BCUT2D eigenvalue weighted by atomic mass is 10.1. The Morgan fingerprint density at radius 3 is 2.95 bits per heavy atom. The molecule has 1 heterocycles. The van der Waals surface area contributed by atoms with Crippen molar-refractivity contribution in [2.24, 2.45) is 0 Å². The first-order valence-electron chi connectivity index (χ1n) is 6.99. The van der Waals surface area contributed by atoms with Gasteiger partial charge in [0.05, 0.1) is 0 Å². The molecule has 0 aliphatic rings. The van der Waals surface area contributed by atoms with Crippen molar-refractivity contribution in [1.29, 1.82) is 0 Å². The van der Waals surface area contributed by atoms with Crippen LogP contribution in [0.3, 0.4) is 0 Å². The maximum absolute atomic E-state index is 3.78. The molecule has 0 spiro atoms. The van der Waals surface area contributed by atoms with Crippen molar-refractivity contribution in [1.82, 2.24) is 4.98 Å². The Bertz CT molecular complexity index is 746. The minimum atomic E-state index is 0.820. The third-order valence-corrected chi connectivity index (χ3v) is 4.42. The number of hydrogen-bond donors (Lipinski definition) is 2. The van der Waals surface area contributed by atoms with E-state index in [1.165, 1.54) is 27.0 Å². The highest BCUT2D eigenvalue weighted by Gasteiger charge is 2.02. The molecule has 106 valence electrons. The number of fused-ring (bicyclic) bond motifs is 1. The number of rotatable bonds is 6. The summed E-state index contributed by atoms with van der Waals surface area (Å²) in [4.78, 5) is 4.52. The number of thioether (sulfide) groups is 1. The van der Waals surface area contributed by atoms with Gasteiger partial charge in [0, 0.05) is 34.6 Å². The van der Waals surface area contributed by atoms with Crippen LogP contribution in [0.4, 0.5) is 5.69 Å². The van der Waals surface area contributed by atoms with Crippen LogP contribution in [-0.4, -0.2) is 10.7 Å². The quantitative estimate of drug-likeness (QED) is 0.491. The number of H-pyrrole nitrogens is 1. The topological polar surface area (TPSA) is 27.8 Å². The van der Waals surface area contributed by atoms with Crippen molar-refractivity contribution >= 4 is 28.4 Å². The molecule has 2 N–H and O–H groups in total. The Hall–Kier alpha value is -2.13. The molecule has 2 aromatic carbocycles. The zero-order valence-electron chi connectivity index (χ0n) is 11.8. The lowest BCUT2D eigenvalue weighted by molar-refractivity contribution is 1.13. The van der Waals surface area contributed by atoms with Gasteiger partial charge in [-0.15, -0.1) is 18.3 Å². The summed E-state index contributed by atoms with van der Waals surface area (Å²) in [5.74, 6) is 0.924. The average molecular weight is 294 g/mol. The van der Waals surface area contributed by atoms with Crippen LogP contribution < -0.4 is 5.32 Å². The molecule has 2 nitrogen and oxygen atoms in total. The van der Waals surface area contributed by atoms with Crippen molar-refractivity contribution in [2.75, 3.05) is 11.1 Å². The molecule has 0 aliphatic carbocycles. The lowest BCUT2D eigenvalue weighted by Gasteiger charge is -2.11. The van der Waals surface area contributed by atoms with E-state index >= 15 is 0 Å². The van der Waals surface area contributed by atoms with Crippen LogP contribution in [0.1, 0.15) is 5.56 Å². The lowest BCUT2D eigenvalue weighted by Crippen LogP contribution is -2.00. The monoisotopic (exact) mass is 294 g/mol.